The molecule has 3 heteroatoms. The highest BCUT2D eigenvalue weighted by atomic mass is 16.1. The van der Waals surface area contributed by atoms with E-state index in [4.69, 9.17) is 5.73 Å². The minimum Gasteiger partial charge on any atom is -0.377 e. The molecule has 3 nitrogen and oxygen atoms in total. The van der Waals surface area contributed by atoms with Gasteiger partial charge >= 0.3 is 0 Å². The zero-order valence-electron chi connectivity index (χ0n) is 6.62. The van der Waals surface area contributed by atoms with Gasteiger partial charge in [0.25, 0.3) is 0 Å². The largest absolute Gasteiger partial charge is 0.377 e. The van der Waals surface area contributed by atoms with Crippen LogP contribution in [-0.4, -0.2) is 23.9 Å². The van der Waals surface area contributed by atoms with Gasteiger partial charge in [0.15, 0.2) is 0 Å². The lowest BCUT2D eigenvalue weighted by atomic mass is 9.98. The van der Waals surface area contributed by atoms with Crippen LogP contribution < -0.4 is 5.73 Å². The van der Waals surface area contributed by atoms with E-state index in [1.807, 2.05) is 4.90 Å². The van der Waals surface area contributed by atoms with Crippen LogP contribution in [0.4, 0.5) is 0 Å². The number of amides is 1. The Balaban J connectivity index is 2.45. The fourth-order valence-corrected chi connectivity index (χ4v) is 1.40. The van der Waals surface area contributed by atoms with Crippen molar-refractivity contribution >= 4 is 5.91 Å². The minimum atomic E-state index is -0.184. The molecule has 0 aromatic heterocycles. The van der Waals surface area contributed by atoms with E-state index >= 15 is 0 Å². The van der Waals surface area contributed by atoms with E-state index in [-0.39, 0.29) is 11.8 Å². The van der Waals surface area contributed by atoms with Crippen LogP contribution in [0.5, 0.6) is 0 Å². The molecule has 0 aromatic rings. The first-order valence-corrected chi connectivity index (χ1v) is 3.90. The highest BCUT2D eigenvalue weighted by Crippen LogP contribution is 2.15. The van der Waals surface area contributed by atoms with Crippen LogP contribution in [0.3, 0.4) is 0 Å². The molecule has 11 heavy (non-hydrogen) atoms. The minimum absolute atomic E-state index is 0.0294. The van der Waals surface area contributed by atoms with Gasteiger partial charge in [0, 0.05) is 13.1 Å². The molecule has 0 aromatic carbocycles. The summed E-state index contributed by atoms with van der Waals surface area (Å²) in [5, 5.41) is 0. The lowest BCUT2D eigenvalue weighted by Gasteiger charge is -2.29. The molecule has 1 fully saturated rings. The van der Waals surface area contributed by atoms with Crippen molar-refractivity contribution in [2.45, 2.75) is 12.8 Å². The first-order chi connectivity index (χ1) is 5.24. The van der Waals surface area contributed by atoms with E-state index in [0.29, 0.717) is 0 Å². The third kappa shape index (κ3) is 1.97. The van der Waals surface area contributed by atoms with Crippen LogP contribution >= 0.6 is 0 Å². The molecule has 1 unspecified atom stereocenters. The number of nitrogens with two attached hydrogens (primary N) is 1. The SMILES string of the molecule is C=CN1CCCC(C(N)=O)C1. The molecule has 0 aliphatic carbocycles. The second-order valence-electron chi connectivity index (χ2n) is 2.92. The number of primary amides is 1. The van der Waals surface area contributed by atoms with E-state index in [1.165, 1.54) is 0 Å². The number of carbonyl (C=O) groups excluding carboxylic acids is 1. The topological polar surface area (TPSA) is 46.3 Å². The molecule has 0 bridgehead atoms. The Hall–Kier alpha value is -0.990. The third-order valence-electron chi connectivity index (χ3n) is 2.11. The molecular formula is C8H14N2O. The lowest BCUT2D eigenvalue weighted by molar-refractivity contribution is -0.123. The maximum absolute atomic E-state index is 10.8. The highest BCUT2D eigenvalue weighted by molar-refractivity contribution is 5.76. The van der Waals surface area contributed by atoms with Gasteiger partial charge in [-0.3, -0.25) is 4.79 Å². The fraction of sp³-hybridized carbons (Fsp3) is 0.625. The van der Waals surface area contributed by atoms with Gasteiger partial charge in [-0.1, -0.05) is 6.58 Å². The van der Waals surface area contributed by atoms with Crippen molar-refractivity contribution in [2.75, 3.05) is 13.1 Å². The fourth-order valence-electron chi connectivity index (χ4n) is 1.40. The molecule has 1 saturated heterocycles. The third-order valence-corrected chi connectivity index (χ3v) is 2.11. The summed E-state index contributed by atoms with van der Waals surface area (Å²) in [6, 6.07) is 0. The molecule has 1 amide bonds. The molecule has 0 radical (unpaired) electrons. The van der Waals surface area contributed by atoms with E-state index in [0.717, 1.165) is 25.9 Å². The molecule has 0 spiro atoms. The summed E-state index contributed by atoms with van der Waals surface area (Å²) in [4.78, 5) is 12.8. The molecule has 1 aliphatic rings. The summed E-state index contributed by atoms with van der Waals surface area (Å²) in [5.41, 5.74) is 5.18. The van der Waals surface area contributed by atoms with Crippen LogP contribution in [0.2, 0.25) is 0 Å². The number of hydrogen-bond acceptors (Lipinski definition) is 2. The van der Waals surface area contributed by atoms with Crippen molar-refractivity contribution in [2.24, 2.45) is 11.7 Å². The number of nitrogens with zero attached hydrogens (tertiary/aromatic N) is 1. The lowest BCUT2D eigenvalue weighted by Crippen LogP contribution is -2.38. The molecule has 62 valence electrons. The Kier molecular flexibility index (Phi) is 2.52. The molecule has 2 N–H and O–H groups in total. The summed E-state index contributed by atoms with van der Waals surface area (Å²) in [7, 11) is 0. The van der Waals surface area contributed by atoms with E-state index in [2.05, 4.69) is 6.58 Å². The Morgan fingerprint density at radius 1 is 1.73 bits per heavy atom. The average Bonchev–Trinajstić information content (AvgIpc) is 2.05. The van der Waals surface area contributed by atoms with Crippen molar-refractivity contribution in [3.05, 3.63) is 12.8 Å². The van der Waals surface area contributed by atoms with Crippen LogP contribution in [0, 0.1) is 5.92 Å². The summed E-state index contributed by atoms with van der Waals surface area (Å²) in [6.45, 7) is 5.41. The van der Waals surface area contributed by atoms with Crippen LogP contribution in [0.1, 0.15) is 12.8 Å². The first kappa shape index (κ1) is 8.11. The summed E-state index contributed by atoms with van der Waals surface area (Å²) < 4.78 is 0. The zero-order valence-corrected chi connectivity index (χ0v) is 6.62. The van der Waals surface area contributed by atoms with Gasteiger partial charge in [-0.2, -0.15) is 0 Å². The van der Waals surface area contributed by atoms with Gasteiger partial charge in [-0.15, -0.1) is 0 Å². The van der Waals surface area contributed by atoms with Crippen molar-refractivity contribution < 1.29 is 4.79 Å². The molecular weight excluding hydrogens is 140 g/mol. The standard InChI is InChI=1S/C8H14N2O/c1-2-10-5-3-4-7(6-10)8(9)11/h2,7H,1,3-6H2,(H2,9,11). The van der Waals surface area contributed by atoms with E-state index in [9.17, 15) is 4.79 Å². The highest BCUT2D eigenvalue weighted by Gasteiger charge is 2.21. The smallest absolute Gasteiger partial charge is 0.222 e. The summed E-state index contributed by atoms with van der Waals surface area (Å²) in [5.74, 6) is -0.154. The second-order valence-corrected chi connectivity index (χ2v) is 2.92. The van der Waals surface area contributed by atoms with Crippen molar-refractivity contribution in [1.29, 1.82) is 0 Å². The van der Waals surface area contributed by atoms with Gasteiger partial charge < -0.3 is 10.6 Å². The van der Waals surface area contributed by atoms with Crippen molar-refractivity contribution in [3.8, 4) is 0 Å². The number of rotatable bonds is 2. The molecule has 1 rings (SSSR count). The Labute approximate surface area is 66.9 Å². The molecule has 0 saturated carbocycles. The molecule has 1 atom stereocenters. The van der Waals surface area contributed by atoms with Crippen LogP contribution in [-0.2, 0) is 4.79 Å². The molecule has 1 aliphatic heterocycles. The summed E-state index contributed by atoms with van der Waals surface area (Å²) in [6.07, 6.45) is 3.74. The van der Waals surface area contributed by atoms with Crippen molar-refractivity contribution in [3.63, 3.8) is 0 Å². The van der Waals surface area contributed by atoms with Crippen LogP contribution in [0.25, 0.3) is 0 Å². The van der Waals surface area contributed by atoms with Gasteiger partial charge in [0.2, 0.25) is 5.91 Å². The van der Waals surface area contributed by atoms with Crippen molar-refractivity contribution in [1.82, 2.24) is 4.90 Å². The second kappa shape index (κ2) is 3.42. The monoisotopic (exact) mass is 154 g/mol. The first-order valence-electron chi connectivity index (χ1n) is 3.90. The zero-order chi connectivity index (χ0) is 8.27. The van der Waals surface area contributed by atoms with Gasteiger partial charge in [0.05, 0.1) is 5.92 Å². The summed E-state index contributed by atoms with van der Waals surface area (Å²) >= 11 is 0. The number of hydrogen-bond donors (Lipinski definition) is 1. The van der Waals surface area contributed by atoms with E-state index < -0.39 is 0 Å². The van der Waals surface area contributed by atoms with E-state index in [1.54, 1.807) is 6.20 Å². The number of likely N-dealkylation sites (tertiary alicyclic amines) is 1. The number of carbonyl (C=O) groups is 1. The van der Waals surface area contributed by atoms with Gasteiger partial charge in [-0.25, -0.2) is 0 Å². The van der Waals surface area contributed by atoms with Gasteiger partial charge in [-0.05, 0) is 19.0 Å². The predicted molar refractivity (Wildman–Crippen MR) is 43.7 cm³/mol. The Morgan fingerprint density at radius 3 is 3.00 bits per heavy atom. The average molecular weight is 154 g/mol. The Bertz CT molecular complexity index is 167. The number of piperidine rings is 1. The van der Waals surface area contributed by atoms with Crippen LogP contribution in [0.15, 0.2) is 12.8 Å². The maximum Gasteiger partial charge on any atom is 0.222 e. The quantitative estimate of drug-likeness (QED) is 0.623. The maximum atomic E-state index is 10.8. The molecule has 1 heterocycles. The normalized spacial score (nSPS) is 24.7. The predicted octanol–water partition coefficient (Wildman–Crippen LogP) is 0.327. The van der Waals surface area contributed by atoms with Gasteiger partial charge in [0.1, 0.15) is 0 Å². The Morgan fingerprint density at radius 2 is 2.45 bits per heavy atom.